The lowest BCUT2D eigenvalue weighted by atomic mass is 10.1. The molecule has 0 aromatic heterocycles. The lowest BCUT2D eigenvalue weighted by Crippen LogP contribution is -2.05. The van der Waals surface area contributed by atoms with Crippen LogP contribution < -0.4 is 11.1 Å². The summed E-state index contributed by atoms with van der Waals surface area (Å²) in [5.41, 5.74) is 8.58. The smallest absolute Gasteiger partial charge is 0.0498 e. The fourth-order valence-corrected chi connectivity index (χ4v) is 1.52. The molecule has 0 fully saturated rings. The van der Waals surface area contributed by atoms with Crippen LogP contribution in [0.2, 0.25) is 5.02 Å². The van der Waals surface area contributed by atoms with Gasteiger partial charge in [0.05, 0.1) is 0 Å². The van der Waals surface area contributed by atoms with Crippen molar-refractivity contribution in [1.82, 2.24) is 5.32 Å². The number of hydrogen-bond acceptors (Lipinski definition) is 2. The van der Waals surface area contributed by atoms with Crippen molar-refractivity contribution in [2.75, 3.05) is 19.3 Å². The summed E-state index contributed by atoms with van der Waals surface area (Å²) in [7, 11) is 1.94. The SMILES string of the molecule is CNCCC=Cc1cc(C)c(N)cc1Cl. The summed E-state index contributed by atoms with van der Waals surface area (Å²) >= 11 is 6.07. The molecule has 0 heterocycles. The van der Waals surface area contributed by atoms with E-state index in [1.54, 1.807) is 6.07 Å². The van der Waals surface area contributed by atoms with E-state index in [2.05, 4.69) is 11.4 Å². The number of nitrogens with two attached hydrogens (primary N) is 1. The normalized spacial score (nSPS) is 11.1. The monoisotopic (exact) mass is 224 g/mol. The Balaban J connectivity index is 2.77. The molecule has 15 heavy (non-hydrogen) atoms. The highest BCUT2D eigenvalue weighted by atomic mass is 35.5. The summed E-state index contributed by atoms with van der Waals surface area (Å²) in [6.07, 6.45) is 5.13. The molecule has 0 aliphatic rings. The van der Waals surface area contributed by atoms with Gasteiger partial charge in [0.1, 0.15) is 0 Å². The zero-order chi connectivity index (χ0) is 11.3. The van der Waals surface area contributed by atoms with Gasteiger partial charge in [-0.25, -0.2) is 0 Å². The van der Waals surface area contributed by atoms with Crippen LogP contribution >= 0.6 is 11.6 Å². The molecule has 0 aliphatic heterocycles. The van der Waals surface area contributed by atoms with Gasteiger partial charge in [-0.15, -0.1) is 0 Å². The summed E-state index contributed by atoms with van der Waals surface area (Å²) < 4.78 is 0. The number of nitrogen functional groups attached to an aromatic ring is 1. The van der Waals surface area contributed by atoms with Gasteiger partial charge in [-0.1, -0.05) is 23.8 Å². The van der Waals surface area contributed by atoms with Crippen LogP contribution in [-0.4, -0.2) is 13.6 Å². The Hall–Kier alpha value is -0.990. The van der Waals surface area contributed by atoms with Gasteiger partial charge in [0.25, 0.3) is 0 Å². The number of nitrogens with one attached hydrogen (secondary N) is 1. The maximum absolute atomic E-state index is 6.07. The van der Waals surface area contributed by atoms with Crippen molar-refractivity contribution < 1.29 is 0 Å². The molecule has 0 aliphatic carbocycles. The highest BCUT2D eigenvalue weighted by Gasteiger charge is 2.00. The first-order chi connectivity index (χ1) is 7.15. The quantitative estimate of drug-likeness (QED) is 0.610. The first-order valence-electron chi connectivity index (χ1n) is 5.02. The van der Waals surface area contributed by atoms with Gasteiger partial charge in [0, 0.05) is 10.7 Å². The minimum absolute atomic E-state index is 0.707. The van der Waals surface area contributed by atoms with E-state index in [0.29, 0.717) is 5.02 Å². The van der Waals surface area contributed by atoms with Crippen LogP contribution in [0.5, 0.6) is 0 Å². The van der Waals surface area contributed by atoms with E-state index in [1.165, 1.54) is 0 Å². The molecule has 0 saturated heterocycles. The van der Waals surface area contributed by atoms with Crippen molar-refractivity contribution >= 4 is 23.4 Å². The highest BCUT2D eigenvalue weighted by Crippen LogP contribution is 2.23. The molecule has 0 saturated carbocycles. The summed E-state index contributed by atoms with van der Waals surface area (Å²) in [6.45, 7) is 2.96. The van der Waals surface area contributed by atoms with E-state index < -0.39 is 0 Å². The van der Waals surface area contributed by atoms with Crippen LogP contribution in [0.4, 0.5) is 5.69 Å². The van der Waals surface area contributed by atoms with Gasteiger partial charge in [-0.2, -0.15) is 0 Å². The van der Waals surface area contributed by atoms with E-state index in [9.17, 15) is 0 Å². The van der Waals surface area contributed by atoms with E-state index >= 15 is 0 Å². The molecule has 0 radical (unpaired) electrons. The third-order valence-electron chi connectivity index (χ3n) is 2.24. The Morgan fingerprint density at radius 1 is 1.47 bits per heavy atom. The number of benzene rings is 1. The molecule has 82 valence electrons. The molecule has 0 bridgehead atoms. The third-order valence-corrected chi connectivity index (χ3v) is 2.57. The van der Waals surface area contributed by atoms with Gasteiger partial charge in [-0.05, 0) is 50.2 Å². The predicted molar refractivity (Wildman–Crippen MR) is 68.2 cm³/mol. The van der Waals surface area contributed by atoms with Crippen molar-refractivity contribution in [3.05, 3.63) is 34.4 Å². The van der Waals surface area contributed by atoms with E-state index in [-0.39, 0.29) is 0 Å². The molecule has 1 rings (SSSR count). The Morgan fingerprint density at radius 2 is 2.20 bits per heavy atom. The van der Waals surface area contributed by atoms with Gasteiger partial charge in [0.15, 0.2) is 0 Å². The Morgan fingerprint density at radius 3 is 2.87 bits per heavy atom. The Kier molecular flexibility index (Phi) is 4.66. The Bertz CT molecular complexity index is 359. The fraction of sp³-hybridized carbons (Fsp3) is 0.333. The number of aryl methyl sites for hydroxylation is 1. The van der Waals surface area contributed by atoms with E-state index in [4.69, 9.17) is 17.3 Å². The average Bonchev–Trinajstić information content (AvgIpc) is 2.20. The van der Waals surface area contributed by atoms with Gasteiger partial charge in [0.2, 0.25) is 0 Å². The van der Waals surface area contributed by atoms with Crippen molar-refractivity contribution in [1.29, 1.82) is 0 Å². The lowest BCUT2D eigenvalue weighted by molar-refractivity contribution is 0.809. The first kappa shape index (κ1) is 12.1. The van der Waals surface area contributed by atoms with Gasteiger partial charge < -0.3 is 11.1 Å². The second-order valence-corrected chi connectivity index (χ2v) is 3.93. The molecule has 0 unspecified atom stereocenters. The molecule has 0 atom stereocenters. The van der Waals surface area contributed by atoms with E-state index in [1.807, 2.05) is 26.1 Å². The fourth-order valence-electron chi connectivity index (χ4n) is 1.28. The van der Waals surface area contributed by atoms with Crippen LogP contribution in [-0.2, 0) is 0 Å². The third kappa shape index (κ3) is 3.57. The molecule has 0 spiro atoms. The van der Waals surface area contributed by atoms with Crippen LogP contribution in [0.25, 0.3) is 6.08 Å². The average molecular weight is 225 g/mol. The minimum Gasteiger partial charge on any atom is -0.398 e. The van der Waals surface area contributed by atoms with Crippen molar-refractivity contribution in [2.45, 2.75) is 13.3 Å². The molecular weight excluding hydrogens is 208 g/mol. The minimum atomic E-state index is 0.707. The molecule has 1 aromatic rings. The van der Waals surface area contributed by atoms with Crippen LogP contribution in [0, 0.1) is 6.92 Å². The second-order valence-electron chi connectivity index (χ2n) is 3.52. The molecule has 2 nitrogen and oxygen atoms in total. The summed E-state index contributed by atoms with van der Waals surface area (Å²) in [5.74, 6) is 0. The maximum Gasteiger partial charge on any atom is 0.0498 e. The van der Waals surface area contributed by atoms with Crippen LogP contribution in [0.15, 0.2) is 18.2 Å². The molecule has 3 N–H and O–H groups in total. The molecular formula is C12H17ClN2. The largest absolute Gasteiger partial charge is 0.398 e. The standard InChI is InChI=1S/C12H17ClN2/c1-9-7-10(5-3-4-6-15-2)11(13)8-12(9)14/h3,5,7-8,15H,4,6,14H2,1-2H3. The van der Waals surface area contributed by atoms with Crippen molar-refractivity contribution in [3.63, 3.8) is 0 Å². The van der Waals surface area contributed by atoms with E-state index in [0.717, 1.165) is 29.8 Å². The molecule has 1 aromatic carbocycles. The summed E-state index contributed by atoms with van der Waals surface area (Å²) in [6, 6.07) is 3.81. The van der Waals surface area contributed by atoms with Gasteiger partial charge in [-0.3, -0.25) is 0 Å². The Labute approximate surface area is 96.1 Å². The zero-order valence-electron chi connectivity index (χ0n) is 9.18. The topological polar surface area (TPSA) is 38.0 Å². The van der Waals surface area contributed by atoms with Crippen LogP contribution in [0.3, 0.4) is 0 Å². The number of halogens is 1. The van der Waals surface area contributed by atoms with Crippen molar-refractivity contribution in [3.8, 4) is 0 Å². The molecule has 0 amide bonds. The molecule has 3 heteroatoms. The van der Waals surface area contributed by atoms with Crippen LogP contribution in [0.1, 0.15) is 17.5 Å². The van der Waals surface area contributed by atoms with Crippen molar-refractivity contribution in [2.24, 2.45) is 0 Å². The summed E-state index contributed by atoms with van der Waals surface area (Å²) in [4.78, 5) is 0. The van der Waals surface area contributed by atoms with Gasteiger partial charge >= 0.3 is 0 Å². The highest BCUT2D eigenvalue weighted by molar-refractivity contribution is 6.32. The summed E-state index contributed by atoms with van der Waals surface area (Å²) in [5, 5.41) is 3.79. The maximum atomic E-state index is 6.07. The second kappa shape index (κ2) is 5.79. The zero-order valence-corrected chi connectivity index (χ0v) is 9.93. The first-order valence-corrected chi connectivity index (χ1v) is 5.39. The predicted octanol–water partition coefficient (Wildman–Crippen LogP) is 2.85. The number of rotatable bonds is 4. The number of anilines is 1. The lowest BCUT2D eigenvalue weighted by Gasteiger charge is -2.04. The number of hydrogen-bond donors (Lipinski definition) is 2.